The Kier molecular flexibility index (Phi) is 3.50. The molecular formula is C12H15NO2. The van der Waals surface area contributed by atoms with E-state index < -0.39 is 5.97 Å². The van der Waals surface area contributed by atoms with Crippen molar-refractivity contribution in [1.29, 1.82) is 0 Å². The number of nitrogens with two attached hydrogens (primary N) is 1. The number of rotatable bonds is 3. The lowest BCUT2D eigenvalue weighted by Crippen LogP contribution is -1.94. The van der Waals surface area contributed by atoms with Gasteiger partial charge < -0.3 is 10.8 Å². The first kappa shape index (κ1) is 11.3. The van der Waals surface area contributed by atoms with Gasteiger partial charge in [-0.05, 0) is 36.6 Å². The molecule has 0 aliphatic carbocycles. The van der Waals surface area contributed by atoms with Gasteiger partial charge in [0.05, 0.1) is 6.42 Å². The maximum Gasteiger partial charge on any atom is 0.307 e. The van der Waals surface area contributed by atoms with E-state index in [2.05, 4.69) is 0 Å². The van der Waals surface area contributed by atoms with Crippen LogP contribution in [0.3, 0.4) is 0 Å². The summed E-state index contributed by atoms with van der Waals surface area (Å²) < 4.78 is 0. The topological polar surface area (TPSA) is 63.3 Å². The van der Waals surface area contributed by atoms with Gasteiger partial charge in [-0.25, -0.2) is 0 Å². The van der Waals surface area contributed by atoms with E-state index in [1.54, 1.807) is 6.08 Å². The molecule has 0 saturated heterocycles. The molecule has 0 unspecified atom stereocenters. The minimum atomic E-state index is -0.823. The molecule has 3 N–H and O–H groups in total. The molecule has 0 aromatic heterocycles. The summed E-state index contributed by atoms with van der Waals surface area (Å²) in [6, 6.07) is 3.73. The van der Waals surface area contributed by atoms with Crippen molar-refractivity contribution in [3.05, 3.63) is 34.9 Å². The second-order valence-corrected chi connectivity index (χ2v) is 3.49. The van der Waals surface area contributed by atoms with E-state index in [1.807, 2.05) is 32.1 Å². The van der Waals surface area contributed by atoms with Crippen LogP contribution in [0.25, 0.3) is 6.08 Å². The zero-order valence-corrected chi connectivity index (χ0v) is 8.95. The van der Waals surface area contributed by atoms with Crippen LogP contribution in [0, 0.1) is 13.8 Å². The first-order chi connectivity index (χ1) is 7.02. The quantitative estimate of drug-likeness (QED) is 0.744. The third-order valence-electron chi connectivity index (χ3n) is 2.46. The summed E-state index contributed by atoms with van der Waals surface area (Å²) in [7, 11) is 0. The van der Waals surface area contributed by atoms with Gasteiger partial charge >= 0.3 is 5.97 Å². The van der Waals surface area contributed by atoms with Gasteiger partial charge in [0.25, 0.3) is 0 Å². The monoisotopic (exact) mass is 205 g/mol. The molecule has 1 aromatic rings. The van der Waals surface area contributed by atoms with Gasteiger partial charge in [-0.2, -0.15) is 0 Å². The summed E-state index contributed by atoms with van der Waals surface area (Å²) in [5.74, 6) is -0.823. The minimum Gasteiger partial charge on any atom is -0.481 e. The van der Waals surface area contributed by atoms with E-state index in [9.17, 15) is 4.79 Å². The second kappa shape index (κ2) is 4.64. The summed E-state index contributed by atoms with van der Waals surface area (Å²) in [4.78, 5) is 10.3. The first-order valence-corrected chi connectivity index (χ1v) is 4.76. The van der Waals surface area contributed by atoms with Crippen molar-refractivity contribution in [2.45, 2.75) is 20.3 Å². The molecule has 3 heteroatoms. The lowest BCUT2D eigenvalue weighted by atomic mass is 10.0. The molecule has 0 heterocycles. The van der Waals surface area contributed by atoms with Gasteiger partial charge in [0, 0.05) is 5.69 Å². The number of carboxylic acid groups (broad SMARTS) is 1. The Bertz CT molecular complexity index is 408. The third kappa shape index (κ3) is 2.84. The SMILES string of the molecule is Cc1c(N)ccc(C=CCC(=O)O)c1C. The van der Waals surface area contributed by atoms with E-state index in [-0.39, 0.29) is 6.42 Å². The predicted octanol–water partition coefficient (Wildman–Crippen LogP) is 2.37. The van der Waals surface area contributed by atoms with E-state index in [0.717, 1.165) is 22.4 Å². The molecule has 0 saturated carbocycles. The fraction of sp³-hybridized carbons (Fsp3) is 0.250. The number of hydrogen-bond acceptors (Lipinski definition) is 2. The average Bonchev–Trinajstić information content (AvgIpc) is 2.18. The third-order valence-corrected chi connectivity index (χ3v) is 2.46. The van der Waals surface area contributed by atoms with Crippen molar-refractivity contribution in [1.82, 2.24) is 0 Å². The van der Waals surface area contributed by atoms with E-state index in [0.29, 0.717) is 0 Å². The Morgan fingerprint density at radius 2 is 2.07 bits per heavy atom. The molecule has 15 heavy (non-hydrogen) atoms. The molecule has 0 radical (unpaired) electrons. The molecule has 3 nitrogen and oxygen atoms in total. The molecule has 80 valence electrons. The molecule has 0 amide bonds. The van der Waals surface area contributed by atoms with Gasteiger partial charge in [-0.3, -0.25) is 4.79 Å². The Labute approximate surface area is 89.2 Å². The Morgan fingerprint density at radius 3 is 2.67 bits per heavy atom. The van der Waals surface area contributed by atoms with Crippen LogP contribution in [0.15, 0.2) is 18.2 Å². The van der Waals surface area contributed by atoms with Crippen molar-refractivity contribution in [2.24, 2.45) is 0 Å². The van der Waals surface area contributed by atoms with E-state index in [4.69, 9.17) is 10.8 Å². The molecule has 0 aliphatic rings. The molecule has 0 bridgehead atoms. The summed E-state index contributed by atoms with van der Waals surface area (Å²) in [6.07, 6.45) is 3.50. The molecule has 0 atom stereocenters. The second-order valence-electron chi connectivity index (χ2n) is 3.49. The molecule has 0 spiro atoms. The van der Waals surface area contributed by atoms with E-state index >= 15 is 0 Å². The largest absolute Gasteiger partial charge is 0.481 e. The Morgan fingerprint density at radius 1 is 1.40 bits per heavy atom. The van der Waals surface area contributed by atoms with Crippen LogP contribution in [0.5, 0.6) is 0 Å². The highest BCUT2D eigenvalue weighted by Crippen LogP contribution is 2.20. The first-order valence-electron chi connectivity index (χ1n) is 4.76. The summed E-state index contributed by atoms with van der Waals surface area (Å²) >= 11 is 0. The lowest BCUT2D eigenvalue weighted by Gasteiger charge is -2.07. The molecule has 1 rings (SSSR count). The fourth-order valence-corrected chi connectivity index (χ4v) is 1.33. The van der Waals surface area contributed by atoms with Gasteiger partial charge in [-0.15, -0.1) is 0 Å². The van der Waals surface area contributed by atoms with Crippen molar-refractivity contribution >= 4 is 17.7 Å². The lowest BCUT2D eigenvalue weighted by molar-refractivity contribution is -0.135. The summed E-state index contributed by atoms with van der Waals surface area (Å²) in [5, 5.41) is 8.49. The predicted molar refractivity (Wildman–Crippen MR) is 61.6 cm³/mol. The molecule has 0 fully saturated rings. The zero-order chi connectivity index (χ0) is 11.4. The van der Waals surface area contributed by atoms with Crippen LogP contribution in [-0.4, -0.2) is 11.1 Å². The van der Waals surface area contributed by atoms with Gasteiger partial charge in [0.2, 0.25) is 0 Å². The Hall–Kier alpha value is -1.77. The van der Waals surface area contributed by atoms with Crippen LogP contribution in [0.1, 0.15) is 23.1 Å². The summed E-state index contributed by atoms with van der Waals surface area (Å²) in [6.45, 7) is 3.94. The smallest absolute Gasteiger partial charge is 0.307 e. The number of carboxylic acids is 1. The maximum atomic E-state index is 10.3. The number of hydrogen-bond donors (Lipinski definition) is 2. The molecule has 1 aromatic carbocycles. The number of nitrogen functional groups attached to an aromatic ring is 1. The molecule has 0 aliphatic heterocycles. The van der Waals surface area contributed by atoms with Crippen molar-refractivity contribution in [2.75, 3.05) is 5.73 Å². The summed E-state index contributed by atoms with van der Waals surface area (Å²) in [5.41, 5.74) is 9.67. The Balaban J connectivity index is 2.92. The highest BCUT2D eigenvalue weighted by atomic mass is 16.4. The zero-order valence-electron chi connectivity index (χ0n) is 8.95. The van der Waals surface area contributed by atoms with Gasteiger partial charge in [-0.1, -0.05) is 18.2 Å². The minimum absolute atomic E-state index is 0.0445. The number of aliphatic carboxylic acids is 1. The standard InChI is InChI=1S/C12H15NO2/c1-8-9(2)11(13)7-6-10(8)4-3-5-12(14)15/h3-4,6-7H,5,13H2,1-2H3,(H,14,15). The fourth-order valence-electron chi connectivity index (χ4n) is 1.33. The van der Waals surface area contributed by atoms with Crippen molar-refractivity contribution in [3.63, 3.8) is 0 Å². The van der Waals surface area contributed by atoms with Gasteiger partial charge in [0.15, 0.2) is 0 Å². The van der Waals surface area contributed by atoms with Crippen LogP contribution in [0.4, 0.5) is 5.69 Å². The van der Waals surface area contributed by atoms with Crippen LogP contribution < -0.4 is 5.73 Å². The number of carbonyl (C=O) groups is 1. The van der Waals surface area contributed by atoms with Gasteiger partial charge in [0.1, 0.15) is 0 Å². The maximum absolute atomic E-state index is 10.3. The molecular weight excluding hydrogens is 190 g/mol. The number of benzene rings is 1. The number of anilines is 1. The van der Waals surface area contributed by atoms with Crippen LogP contribution in [-0.2, 0) is 4.79 Å². The van der Waals surface area contributed by atoms with Crippen molar-refractivity contribution < 1.29 is 9.90 Å². The van der Waals surface area contributed by atoms with E-state index in [1.165, 1.54) is 0 Å². The van der Waals surface area contributed by atoms with Crippen LogP contribution in [0.2, 0.25) is 0 Å². The normalized spacial score (nSPS) is 10.8. The van der Waals surface area contributed by atoms with Crippen LogP contribution >= 0.6 is 0 Å². The highest BCUT2D eigenvalue weighted by molar-refractivity contribution is 5.71. The van der Waals surface area contributed by atoms with Crippen molar-refractivity contribution in [3.8, 4) is 0 Å². The highest BCUT2D eigenvalue weighted by Gasteiger charge is 2.01. The average molecular weight is 205 g/mol.